The summed E-state index contributed by atoms with van der Waals surface area (Å²) < 4.78 is 0. The summed E-state index contributed by atoms with van der Waals surface area (Å²) in [5.41, 5.74) is 2.79. The lowest BCUT2D eigenvalue weighted by atomic mass is 9.94. The lowest BCUT2D eigenvalue weighted by Gasteiger charge is -2.10. The van der Waals surface area contributed by atoms with Gasteiger partial charge < -0.3 is 5.11 Å². The van der Waals surface area contributed by atoms with Gasteiger partial charge in [0, 0.05) is 5.57 Å². The fourth-order valence-corrected chi connectivity index (χ4v) is 2.92. The highest BCUT2D eigenvalue weighted by Gasteiger charge is 2.06. The molecule has 0 fully saturated rings. The molecule has 4 rings (SSSR count). The summed E-state index contributed by atoms with van der Waals surface area (Å²) in [7, 11) is 0. The van der Waals surface area contributed by atoms with Crippen LogP contribution in [0.25, 0.3) is 32.7 Å². The molecular weight excluding hydrogens is 320 g/mol. The van der Waals surface area contributed by atoms with Crippen molar-refractivity contribution in [2.24, 2.45) is 0 Å². The molecule has 0 bridgehead atoms. The van der Waals surface area contributed by atoms with E-state index in [-0.39, 0.29) is 5.57 Å². The van der Waals surface area contributed by atoms with Gasteiger partial charge in [0.2, 0.25) is 0 Å². The molecule has 2 heteroatoms. The Hall–Kier alpha value is -3.39. The predicted molar refractivity (Wildman–Crippen MR) is 109 cm³/mol. The molecule has 4 aromatic carbocycles. The Labute approximate surface area is 153 Å². The van der Waals surface area contributed by atoms with E-state index in [9.17, 15) is 4.79 Å². The third-order valence-corrected chi connectivity index (χ3v) is 4.23. The maximum absolute atomic E-state index is 9.60. The van der Waals surface area contributed by atoms with Crippen molar-refractivity contribution in [3.8, 4) is 11.1 Å². The van der Waals surface area contributed by atoms with E-state index in [1.54, 1.807) is 0 Å². The van der Waals surface area contributed by atoms with Gasteiger partial charge in [-0.05, 0) is 39.6 Å². The Morgan fingerprint density at radius 2 is 1.04 bits per heavy atom. The summed E-state index contributed by atoms with van der Waals surface area (Å²) in [4.78, 5) is 9.60. The molecule has 0 aliphatic heterocycles. The summed E-state index contributed by atoms with van der Waals surface area (Å²) in [6.07, 6.45) is 0. The van der Waals surface area contributed by atoms with Crippen molar-refractivity contribution < 1.29 is 9.90 Å². The number of rotatable bonds is 2. The Morgan fingerprint density at radius 1 is 0.692 bits per heavy atom. The Balaban J connectivity index is 0.000000286. The van der Waals surface area contributed by atoms with Crippen molar-refractivity contribution in [2.75, 3.05) is 0 Å². The van der Waals surface area contributed by atoms with Crippen molar-refractivity contribution in [1.29, 1.82) is 0 Å². The van der Waals surface area contributed by atoms with Crippen molar-refractivity contribution >= 4 is 27.5 Å². The van der Waals surface area contributed by atoms with Crippen LogP contribution in [0.5, 0.6) is 0 Å². The van der Waals surface area contributed by atoms with Gasteiger partial charge in [-0.1, -0.05) is 91.5 Å². The van der Waals surface area contributed by atoms with Crippen LogP contribution in [0.4, 0.5) is 0 Å². The molecule has 0 aromatic heterocycles. The molecule has 0 saturated carbocycles. The zero-order valence-corrected chi connectivity index (χ0v) is 14.6. The Kier molecular flexibility index (Phi) is 5.14. The van der Waals surface area contributed by atoms with Gasteiger partial charge in [0.15, 0.2) is 0 Å². The molecule has 2 nitrogen and oxygen atoms in total. The molecule has 0 unspecified atom stereocenters. The molecular formula is C24H20O2. The van der Waals surface area contributed by atoms with E-state index in [2.05, 4.69) is 91.5 Å². The highest BCUT2D eigenvalue weighted by molar-refractivity contribution is 6.05. The van der Waals surface area contributed by atoms with Gasteiger partial charge >= 0.3 is 5.97 Å². The number of aliphatic carboxylic acids is 1. The number of carboxylic acid groups (broad SMARTS) is 1. The molecule has 128 valence electrons. The first kappa shape index (κ1) is 17.4. The minimum Gasteiger partial charge on any atom is -0.478 e. The number of hydrogen-bond acceptors (Lipinski definition) is 1. The first-order chi connectivity index (χ1) is 12.6. The number of fused-ring (bicyclic) bond motifs is 2. The van der Waals surface area contributed by atoms with Gasteiger partial charge in [0.05, 0.1) is 0 Å². The highest BCUT2D eigenvalue weighted by Crippen LogP contribution is 2.33. The highest BCUT2D eigenvalue weighted by atomic mass is 16.4. The van der Waals surface area contributed by atoms with Crippen LogP contribution in [-0.2, 0) is 4.79 Å². The van der Waals surface area contributed by atoms with Gasteiger partial charge in [-0.15, -0.1) is 0 Å². The van der Waals surface area contributed by atoms with E-state index in [1.165, 1.54) is 39.6 Å². The van der Waals surface area contributed by atoms with E-state index in [0.29, 0.717) is 0 Å². The topological polar surface area (TPSA) is 37.3 Å². The second kappa shape index (κ2) is 7.66. The molecule has 0 radical (unpaired) electrons. The Bertz CT molecular complexity index is 994. The maximum Gasteiger partial charge on any atom is 0.330 e. The van der Waals surface area contributed by atoms with Crippen molar-refractivity contribution in [3.05, 3.63) is 97.1 Å². The van der Waals surface area contributed by atoms with Crippen LogP contribution in [0, 0.1) is 0 Å². The van der Waals surface area contributed by atoms with Gasteiger partial charge in [-0.3, -0.25) is 0 Å². The molecule has 0 heterocycles. The van der Waals surface area contributed by atoms with Crippen LogP contribution in [0.1, 0.15) is 6.92 Å². The third kappa shape index (κ3) is 3.65. The van der Waals surface area contributed by atoms with Crippen molar-refractivity contribution in [1.82, 2.24) is 0 Å². The molecule has 0 amide bonds. The average molecular weight is 340 g/mol. The normalized spacial score (nSPS) is 10.2. The number of carbonyl (C=O) groups is 1. The second-order valence-corrected chi connectivity index (χ2v) is 6.14. The zero-order valence-electron chi connectivity index (χ0n) is 14.6. The van der Waals surface area contributed by atoms with E-state index >= 15 is 0 Å². The molecule has 0 atom stereocenters. The zero-order chi connectivity index (χ0) is 18.5. The minimum atomic E-state index is -0.935. The summed E-state index contributed by atoms with van der Waals surface area (Å²) >= 11 is 0. The van der Waals surface area contributed by atoms with Crippen molar-refractivity contribution in [2.45, 2.75) is 6.92 Å². The maximum atomic E-state index is 9.60. The number of benzene rings is 4. The largest absolute Gasteiger partial charge is 0.478 e. The van der Waals surface area contributed by atoms with Crippen LogP contribution >= 0.6 is 0 Å². The van der Waals surface area contributed by atoms with E-state index in [0.717, 1.165) is 0 Å². The Morgan fingerprint density at radius 3 is 1.42 bits per heavy atom. The molecule has 0 spiro atoms. The first-order valence-corrected chi connectivity index (χ1v) is 8.42. The number of carboxylic acids is 1. The molecule has 26 heavy (non-hydrogen) atoms. The van der Waals surface area contributed by atoms with Gasteiger partial charge in [-0.2, -0.15) is 0 Å². The summed E-state index contributed by atoms with van der Waals surface area (Å²) in [5, 5.41) is 13.1. The second-order valence-electron chi connectivity index (χ2n) is 6.14. The van der Waals surface area contributed by atoms with Gasteiger partial charge in [0.1, 0.15) is 0 Å². The van der Waals surface area contributed by atoms with E-state index in [4.69, 9.17) is 5.11 Å². The lowest BCUT2D eigenvalue weighted by molar-refractivity contribution is -0.132. The van der Waals surface area contributed by atoms with Crippen LogP contribution in [-0.4, -0.2) is 11.1 Å². The monoisotopic (exact) mass is 340 g/mol. The number of hydrogen-bond donors (Lipinski definition) is 1. The standard InChI is InChI=1S/C20H14.C4H6O2/c1-3-11-17-15(7-1)9-5-13-19(17)20-14-6-10-16-8-2-4-12-18(16)20;1-3(2)4(5)6/h1-14H;1H2,2H3,(H,5,6). The molecule has 0 aliphatic rings. The van der Waals surface area contributed by atoms with Crippen LogP contribution in [0.15, 0.2) is 97.1 Å². The van der Waals surface area contributed by atoms with Gasteiger partial charge in [0.25, 0.3) is 0 Å². The van der Waals surface area contributed by atoms with E-state index < -0.39 is 5.97 Å². The van der Waals surface area contributed by atoms with Crippen LogP contribution in [0.3, 0.4) is 0 Å². The summed E-state index contributed by atoms with van der Waals surface area (Å²) in [6.45, 7) is 4.60. The average Bonchev–Trinajstić information content (AvgIpc) is 2.67. The molecule has 4 aromatic rings. The molecule has 1 N–H and O–H groups in total. The van der Waals surface area contributed by atoms with E-state index in [1.807, 2.05) is 0 Å². The summed E-state index contributed by atoms with van der Waals surface area (Å²) in [6, 6.07) is 30.2. The van der Waals surface area contributed by atoms with Crippen molar-refractivity contribution in [3.63, 3.8) is 0 Å². The summed E-state index contributed by atoms with van der Waals surface area (Å²) in [5.74, 6) is -0.935. The SMILES string of the molecule is C=C(C)C(=O)O.c1ccc2c(-c3cccc4ccccc34)cccc2c1. The smallest absolute Gasteiger partial charge is 0.330 e. The van der Waals surface area contributed by atoms with Crippen LogP contribution < -0.4 is 0 Å². The fourth-order valence-electron chi connectivity index (χ4n) is 2.92. The quantitative estimate of drug-likeness (QED) is 0.434. The van der Waals surface area contributed by atoms with Crippen LogP contribution in [0.2, 0.25) is 0 Å². The lowest BCUT2D eigenvalue weighted by Crippen LogP contribution is -1.92. The fraction of sp³-hybridized carbons (Fsp3) is 0.0417. The predicted octanol–water partition coefficient (Wildman–Crippen LogP) is 6.31. The van der Waals surface area contributed by atoms with Gasteiger partial charge in [-0.25, -0.2) is 4.79 Å². The molecule has 0 aliphatic carbocycles. The minimum absolute atomic E-state index is 0.176. The third-order valence-electron chi connectivity index (χ3n) is 4.23. The molecule has 0 saturated heterocycles. The first-order valence-electron chi connectivity index (χ1n) is 8.42.